The first kappa shape index (κ1) is 16.2. The van der Waals surface area contributed by atoms with Crippen LogP contribution in [0.3, 0.4) is 0 Å². The summed E-state index contributed by atoms with van der Waals surface area (Å²) >= 11 is 0. The predicted molar refractivity (Wildman–Crippen MR) is 98.2 cm³/mol. The van der Waals surface area contributed by atoms with E-state index in [0.717, 1.165) is 43.6 Å². The van der Waals surface area contributed by atoms with Crippen molar-refractivity contribution in [1.82, 2.24) is 9.97 Å². The van der Waals surface area contributed by atoms with Crippen molar-refractivity contribution in [3.8, 4) is 5.75 Å². The lowest BCUT2D eigenvalue weighted by Gasteiger charge is -2.37. The molecule has 0 atom stereocenters. The molecular formula is C17H24N6O. The molecular weight excluding hydrogens is 304 g/mol. The van der Waals surface area contributed by atoms with Gasteiger partial charge < -0.3 is 25.2 Å². The minimum absolute atomic E-state index is 0.639. The number of piperazine rings is 1. The van der Waals surface area contributed by atoms with Gasteiger partial charge in [0.15, 0.2) is 11.6 Å². The second-order valence-electron chi connectivity index (χ2n) is 6.00. The van der Waals surface area contributed by atoms with E-state index in [1.165, 1.54) is 5.69 Å². The summed E-state index contributed by atoms with van der Waals surface area (Å²) in [7, 11) is 5.55. The van der Waals surface area contributed by atoms with Crippen LogP contribution in [0, 0.1) is 0 Å². The molecule has 2 N–H and O–H groups in total. The van der Waals surface area contributed by atoms with Crippen molar-refractivity contribution in [2.24, 2.45) is 0 Å². The fourth-order valence-electron chi connectivity index (χ4n) is 2.96. The Bertz CT molecular complexity index is 680. The molecule has 0 amide bonds. The summed E-state index contributed by atoms with van der Waals surface area (Å²) in [6.45, 7) is 3.60. The van der Waals surface area contributed by atoms with Gasteiger partial charge in [0.25, 0.3) is 0 Å². The van der Waals surface area contributed by atoms with Gasteiger partial charge in [0, 0.05) is 46.0 Å². The van der Waals surface area contributed by atoms with Gasteiger partial charge in [-0.25, -0.2) is 9.97 Å². The molecule has 2 aromatic rings. The number of hydrogen-bond donors (Lipinski definition) is 1. The minimum Gasteiger partial charge on any atom is -0.497 e. The van der Waals surface area contributed by atoms with Crippen LogP contribution < -0.4 is 25.2 Å². The van der Waals surface area contributed by atoms with E-state index < -0.39 is 0 Å². The maximum Gasteiger partial charge on any atom is 0.157 e. The first-order valence-electron chi connectivity index (χ1n) is 8.02. The zero-order chi connectivity index (χ0) is 17.1. The summed E-state index contributed by atoms with van der Waals surface area (Å²) in [5.41, 5.74) is 8.10. The Balaban J connectivity index is 1.70. The Hall–Kier alpha value is -2.70. The summed E-state index contributed by atoms with van der Waals surface area (Å²) in [4.78, 5) is 15.1. The molecule has 2 heterocycles. The lowest BCUT2D eigenvalue weighted by atomic mass is 10.2. The fraction of sp³-hybridized carbons (Fsp3) is 0.412. The maximum atomic E-state index is 6.26. The number of hydrogen-bond acceptors (Lipinski definition) is 7. The zero-order valence-corrected chi connectivity index (χ0v) is 14.4. The molecule has 3 rings (SSSR count). The molecule has 1 aliphatic heterocycles. The molecule has 0 saturated carbocycles. The molecule has 24 heavy (non-hydrogen) atoms. The van der Waals surface area contributed by atoms with E-state index in [1.807, 2.05) is 31.1 Å². The van der Waals surface area contributed by atoms with Gasteiger partial charge in [-0.3, -0.25) is 0 Å². The van der Waals surface area contributed by atoms with Gasteiger partial charge in [-0.05, 0) is 24.3 Å². The third kappa shape index (κ3) is 3.15. The average Bonchev–Trinajstić information content (AvgIpc) is 2.62. The number of ether oxygens (including phenoxy) is 1. The van der Waals surface area contributed by atoms with Crippen LogP contribution in [-0.2, 0) is 0 Å². The highest BCUT2D eigenvalue weighted by molar-refractivity contribution is 5.75. The number of rotatable bonds is 4. The van der Waals surface area contributed by atoms with E-state index in [1.54, 1.807) is 13.4 Å². The SMILES string of the molecule is COc1ccc(N2CCN(c3ncnc(N(C)C)c3N)CC2)cc1. The molecule has 0 spiro atoms. The number of aromatic nitrogens is 2. The van der Waals surface area contributed by atoms with E-state index in [2.05, 4.69) is 31.9 Å². The van der Waals surface area contributed by atoms with E-state index in [0.29, 0.717) is 5.69 Å². The molecule has 0 bridgehead atoms. The van der Waals surface area contributed by atoms with Crippen LogP contribution in [0.1, 0.15) is 0 Å². The van der Waals surface area contributed by atoms with Crippen molar-refractivity contribution >= 4 is 23.0 Å². The van der Waals surface area contributed by atoms with Crippen molar-refractivity contribution in [2.45, 2.75) is 0 Å². The monoisotopic (exact) mass is 328 g/mol. The number of nitrogens with zero attached hydrogens (tertiary/aromatic N) is 5. The molecule has 7 heteroatoms. The molecule has 1 aromatic heterocycles. The van der Waals surface area contributed by atoms with Crippen molar-refractivity contribution in [2.75, 3.05) is 67.8 Å². The minimum atomic E-state index is 0.639. The highest BCUT2D eigenvalue weighted by atomic mass is 16.5. The third-order valence-corrected chi connectivity index (χ3v) is 4.28. The highest BCUT2D eigenvalue weighted by Gasteiger charge is 2.21. The molecule has 1 aromatic carbocycles. The van der Waals surface area contributed by atoms with Crippen LogP contribution in [0.4, 0.5) is 23.0 Å². The van der Waals surface area contributed by atoms with Crippen LogP contribution in [-0.4, -0.2) is 57.4 Å². The standard InChI is InChI=1S/C17H24N6O/c1-21(2)16-15(18)17(20-12-19-16)23-10-8-22(9-11-23)13-4-6-14(24-3)7-5-13/h4-7,12H,8-11,18H2,1-3H3. The Morgan fingerprint density at radius 1 is 1.00 bits per heavy atom. The fourth-order valence-corrected chi connectivity index (χ4v) is 2.96. The van der Waals surface area contributed by atoms with E-state index in [-0.39, 0.29) is 0 Å². The van der Waals surface area contributed by atoms with Gasteiger partial charge >= 0.3 is 0 Å². The molecule has 0 unspecified atom stereocenters. The van der Waals surface area contributed by atoms with E-state index in [9.17, 15) is 0 Å². The van der Waals surface area contributed by atoms with Crippen LogP contribution in [0.15, 0.2) is 30.6 Å². The van der Waals surface area contributed by atoms with Gasteiger partial charge in [-0.15, -0.1) is 0 Å². The lowest BCUT2D eigenvalue weighted by Crippen LogP contribution is -2.47. The Labute approximate surface area is 142 Å². The van der Waals surface area contributed by atoms with Crippen LogP contribution in [0.2, 0.25) is 0 Å². The van der Waals surface area contributed by atoms with Gasteiger partial charge in [0.1, 0.15) is 17.8 Å². The molecule has 1 aliphatic rings. The number of nitrogen functional groups attached to an aromatic ring is 1. The first-order valence-corrected chi connectivity index (χ1v) is 8.02. The largest absolute Gasteiger partial charge is 0.497 e. The van der Waals surface area contributed by atoms with Crippen LogP contribution in [0.25, 0.3) is 0 Å². The highest BCUT2D eigenvalue weighted by Crippen LogP contribution is 2.29. The average molecular weight is 328 g/mol. The third-order valence-electron chi connectivity index (χ3n) is 4.28. The van der Waals surface area contributed by atoms with Crippen molar-refractivity contribution in [3.05, 3.63) is 30.6 Å². The van der Waals surface area contributed by atoms with Gasteiger partial charge in [-0.1, -0.05) is 0 Å². The second-order valence-corrected chi connectivity index (χ2v) is 6.00. The molecule has 1 saturated heterocycles. The molecule has 128 valence electrons. The zero-order valence-electron chi connectivity index (χ0n) is 14.4. The van der Waals surface area contributed by atoms with E-state index >= 15 is 0 Å². The number of anilines is 4. The van der Waals surface area contributed by atoms with Gasteiger partial charge in [0.05, 0.1) is 7.11 Å². The summed E-state index contributed by atoms with van der Waals surface area (Å²) in [5, 5.41) is 0. The normalized spacial score (nSPS) is 14.6. The topological polar surface area (TPSA) is 70.8 Å². The van der Waals surface area contributed by atoms with Gasteiger partial charge in [0.2, 0.25) is 0 Å². The van der Waals surface area contributed by atoms with Crippen LogP contribution >= 0.6 is 0 Å². The first-order chi connectivity index (χ1) is 11.6. The molecule has 0 radical (unpaired) electrons. The smallest absolute Gasteiger partial charge is 0.157 e. The van der Waals surface area contributed by atoms with Crippen molar-refractivity contribution < 1.29 is 4.74 Å². The Kier molecular flexibility index (Phi) is 4.59. The molecule has 7 nitrogen and oxygen atoms in total. The maximum absolute atomic E-state index is 6.26. The van der Waals surface area contributed by atoms with Crippen LogP contribution in [0.5, 0.6) is 5.75 Å². The Morgan fingerprint density at radius 2 is 1.62 bits per heavy atom. The summed E-state index contributed by atoms with van der Waals surface area (Å²) < 4.78 is 5.22. The summed E-state index contributed by atoms with van der Waals surface area (Å²) in [6.07, 6.45) is 1.58. The van der Waals surface area contributed by atoms with Crippen molar-refractivity contribution in [1.29, 1.82) is 0 Å². The summed E-state index contributed by atoms with van der Waals surface area (Å²) in [5.74, 6) is 2.46. The quantitative estimate of drug-likeness (QED) is 0.911. The molecule has 1 fully saturated rings. The summed E-state index contributed by atoms with van der Waals surface area (Å²) in [6, 6.07) is 8.18. The second kappa shape index (κ2) is 6.82. The predicted octanol–water partition coefficient (Wildman–Crippen LogP) is 1.46. The molecule has 0 aliphatic carbocycles. The van der Waals surface area contributed by atoms with Gasteiger partial charge in [-0.2, -0.15) is 0 Å². The van der Waals surface area contributed by atoms with E-state index in [4.69, 9.17) is 10.5 Å². The number of nitrogens with two attached hydrogens (primary N) is 1. The lowest BCUT2D eigenvalue weighted by molar-refractivity contribution is 0.415. The van der Waals surface area contributed by atoms with Crippen molar-refractivity contribution in [3.63, 3.8) is 0 Å². The Morgan fingerprint density at radius 3 is 2.21 bits per heavy atom. The number of benzene rings is 1. The number of methoxy groups -OCH3 is 1.